The van der Waals surface area contributed by atoms with Gasteiger partial charge in [0.2, 0.25) is 0 Å². The van der Waals surface area contributed by atoms with Gasteiger partial charge in [0.1, 0.15) is 0 Å². The summed E-state index contributed by atoms with van der Waals surface area (Å²) >= 11 is 1.76. The Bertz CT molecular complexity index is 358. The van der Waals surface area contributed by atoms with Crippen LogP contribution in [0.15, 0.2) is 5.38 Å². The molecule has 102 valence electrons. The molecule has 4 heteroatoms. The summed E-state index contributed by atoms with van der Waals surface area (Å²) in [5.74, 6) is 0. The highest BCUT2D eigenvalue weighted by atomic mass is 32.1. The second-order valence-electron chi connectivity index (χ2n) is 5.32. The summed E-state index contributed by atoms with van der Waals surface area (Å²) in [4.78, 5) is 4.63. The summed E-state index contributed by atoms with van der Waals surface area (Å²) in [6, 6.07) is 0. The van der Waals surface area contributed by atoms with Gasteiger partial charge in [0.25, 0.3) is 0 Å². The lowest BCUT2D eigenvalue weighted by Gasteiger charge is -2.37. The van der Waals surface area contributed by atoms with Crippen LogP contribution in [0.4, 0.5) is 0 Å². The van der Waals surface area contributed by atoms with Crippen molar-refractivity contribution in [3.05, 3.63) is 16.1 Å². The van der Waals surface area contributed by atoms with Crippen molar-refractivity contribution >= 4 is 11.3 Å². The van der Waals surface area contributed by atoms with Crippen molar-refractivity contribution in [2.75, 3.05) is 26.3 Å². The topological polar surface area (TPSA) is 34.2 Å². The predicted octanol–water partition coefficient (Wildman–Crippen LogP) is 2.79. The van der Waals surface area contributed by atoms with Crippen LogP contribution < -0.4 is 5.32 Å². The molecule has 2 rings (SSSR count). The minimum atomic E-state index is 0.355. The number of hydrogen-bond acceptors (Lipinski definition) is 4. The third-order valence-corrected chi connectivity index (χ3v) is 4.53. The second kappa shape index (κ2) is 6.64. The number of aromatic nitrogens is 1. The Morgan fingerprint density at radius 1 is 1.44 bits per heavy atom. The molecule has 1 saturated heterocycles. The van der Waals surface area contributed by atoms with Gasteiger partial charge in [0.05, 0.1) is 10.7 Å². The average molecular weight is 268 g/mol. The minimum Gasteiger partial charge on any atom is -0.381 e. The molecule has 1 fully saturated rings. The van der Waals surface area contributed by atoms with Gasteiger partial charge in [-0.2, -0.15) is 0 Å². The molecule has 1 aliphatic rings. The normalized spacial score (nSPS) is 19.0. The zero-order valence-corrected chi connectivity index (χ0v) is 12.3. The highest BCUT2D eigenvalue weighted by molar-refractivity contribution is 7.09. The molecule has 0 aliphatic carbocycles. The summed E-state index contributed by atoms with van der Waals surface area (Å²) in [6.45, 7) is 8.31. The number of aryl methyl sites for hydroxylation is 1. The Morgan fingerprint density at radius 3 is 2.83 bits per heavy atom. The molecule has 0 saturated carbocycles. The number of thiazole rings is 1. The molecule has 18 heavy (non-hydrogen) atoms. The number of nitrogens with one attached hydrogen (secondary N) is 1. The van der Waals surface area contributed by atoms with E-state index >= 15 is 0 Å². The van der Waals surface area contributed by atoms with E-state index in [9.17, 15) is 0 Å². The zero-order valence-electron chi connectivity index (χ0n) is 11.5. The highest BCUT2D eigenvalue weighted by Gasteiger charge is 2.33. The van der Waals surface area contributed by atoms with Gasteiger partial charge in [-0.15, -0.1) is 11.3 Å². The molecule has 1 N–H and O–H groups in total. The fourth-order valence-electron chi connectivity index (χ4n) is 2.62. The zero-order chi connectivity index (χ0) is 12.8. The molecule has 1 aliphatic heterocycles. The van der Waals surface area contributed by atoms with E-state index in [1.807, 2.05) is 0 Å². The van der Waals surface area contributed by atoms with Crippen LogP contribution in [0.5, 0.6) is 0 Å². The van der Waals surface area contributed by atoms with Crippen molar-refractivity contribution in [1.82, 2.24) is 10.3 Å². The van der Waals surface area contributed by atoms with Crippen LogP contribution >= 0.6 is 11.3 Å². The highest BCUT2D eigenvalue weighted by Crippen LogP contribution is 2.34. The fraction of sp³-hybridized carbons (Fsp3) is 0.786. The molecule has 0 aromatic carbocycles. The Morgan fingerprint density at radius 2 is 2.22 bits per heavy atom. The molecular weight excluding hydrogens is 244 g/mol. The van der Waals surface area contributed by atoms with Crippen LogP contribution in [-0.4, -0.2) is 31.3 Å². The van der Waals surface area contributed by atoms with Crippen LogP contribution in [0, 0.1) is 12.3 Å². The molecule has 1 aromatic heterocycles. The number of nitrogens with zero attached hydrogens (tertiary/aromatic N) is 1. The molecular formula is C14H24N2OS. The second-order valence-corrected chi connectivity index (χ2v) is 6.39. The van der Waals surface area contributed by atoms with Crippen molar-refractivity contribution in [3.8, 4) is 0 Å². The van der Waals surface area contributed by atoms with Crippen LogP contribution in [0.25, 0.3) is 0 Å². The van der Waals surface area contributed by atoms with Gasteiger partial charge in [-0.3, -0.25) is 0 Å². The maximum Gasteiger partial charge on any atom is 0.0897 e. The van der Waals surface area contributed by atoms with Gasteiger partial charge >= 0.3 is 0 Å². The van der Waals surface area contributed by atoms with E-state index in [1.54, 1.807) is 11.3 Å². The van der Waals surface area contributed by atoms with Gasteiger partial charge in [0, 0.05) is 25.1 Å². The average Bonchev–Trinajstić information content (AvgIpc) is 2.76. The molecule has 2 heterocycles. The van der Waals surface area contributed by atoms with E-state index in [0.717, 1.165) is 45.6 Å². The standard InChI is InChI=1S/C14H24N2OS/c1-3-6-15-11-14(4-7-17-8-5-14)9-13-10-18-12(2)16-13/h10,15H,3-9,11H2,1-2H3. The summed E-state index contributed by atoms with van der Waals surface area (Å²) in [5.41, 5.74) is 1.62. The molecule has 0 spiro atoms. The third-order valence-electron chi connectivity index (χ3n) is 3.70. The van der Waals surface area contributed by atoms with E-state index in [2.05, 4.69) is 29.5 Å². The van der Waals surface area contributed by atoms with Crippen LogP contribution in [-0.2, 0) is 11.2 Å². The lowest BCUT2D eigenvalue weighted by Crippen LogP contribution is -2.41. The van der Waals surface area contributed by atoms with E-state index in [1.165, 1.54) is 17.1 Å². The van der Waals surface area contributed by atoms with Crippen molar-refractivity contribution in [1.29, 1.82) is 0 Å². The van der Waals surface area contributed by atoms with Gasteiger partial charge in [0.15, 0.2) is 0 Å². The number of hydrogen-bond donors (Lipinski definition) is 1. The summed E-state index contributed by atoms with van der Waals surface area (Å²) in [5, 5.41) is 6.98. The number of rotatable bonds is 6. The SMILES string of the molecule is CCCNCC1(Cc2csc(C)n2)CCOCC1. The quantitative estimate of drug-likeness (QED) is 0.806. The first-order valence-electron chi connectivity index (χ1n) is 6.94. The molecule has 0 amide bonds. The Labute approximate surface area is 114 Å². The lowest BCUT2D eigenvalue weighted by molar-refractivity contribution is 0.0146. The van der Waals surface area contributed by atoms with Crippen LogP contribution in [0.1, 0.15) is 36.9 Å². The molecule has 0 atom stereocenters. The van der Waals surface area contributed by atoms with Crippen molar-refractivity contribution in [2.24, 2.45) is 5.41 Å². The monoisotopic (exact) mass is 268 g/mol. The number of ether oxygens (including phenoxy) is 1. The van der Waals surface area contributed by atoms with Crippen LogP contribution in [0.3, 0.4) is 0 Å². The Kier molecular flexibility index (Phi) is 5.15. The lowest BCUT2D eigenvalue weighted by atomic mass is 9.76. The summed E-state index contributed by atoms with van der Waals surface area (Å²) in [6.07, 6.45) is 4.60. The maximum absolute atomic E-state index is 5.53. The predicted molar refractivity (Wildman–Crippen MR) is 76.2 cm³/mol. The first kappa shape index (κ1) is 14.0. The van der Waals surface area contributed by atoms with Gasteiger partial charge < -0.3 is 10.1 Å². The molecule has 0 bridgehead atoms. The van der Waals surface area contributed by atoms with Crippen molar-refractivity contribution in [2.45, 2.75) is 39.5 Å². The van der Waals surface area contributed by atoms with Crippen molar-refractivity contribution in [3.63, 3.8) is 0 Å². The van der Waals surface area contributed by atoms with E-state index in [0.29, 0.717) is 5.41 Å². The minimum absolute atomic E-state index is 0.355. The van der Waals surface area contributed by atoms with E-state index in [4.69, 9.17) is 4.74 Å². The Hall–Kier alpha value is -0.450. The van der Waals surface area contributed by atoms with E-state index in [-0.39, 0.29) is 0 Å². The summed E-state index contributed by atoms with van der Waals surface area (Å²) in [7, 11) is 0. The molecule has 3 nitrogen and oxygen atoms in total. The van der Waals surface area contributed by atoms with Gasteiger partial charge in [-0.05, 0) is 44.6 Å². The molecule has 1 aromatic rings. The van der Waals surface area contributed by atoms with Crippen LogP contribution in [0.2, 0.25) is 0 Å². The maximum atomic E-state index is 5.53. The molecule has 0 unspecified atom stereocenters. The smallest absolute Gasteiger partial charge is 0.0897 e. The van der Waals surface area contributed by atoms with Gasteiger partial charge in [-0.1, -0.05) is 6.92 Å². The summed E-state index contributed by atoms with van der Waals surface area (Å²) < 4.78 is 5.53. The Balaban J connectivity index is 1.99. The fourth-order valence-corrected chi connectivity index (χ4v) is 3.24. The molecule has 0 radical (unpaired) electrons. The van der Waals surface area contributed by atoms with E-state index < -0.39 is 0 Å². The first-order chi connectivity index (χ1) is 8.74. The largest absolute Gasteiger partial charge is 0.381 e. The first-order valence-corrected chi connectivity index (χ1v) is 7.81. The third kappa shape index (κ3) is 3.77. The van der Waals surface area contributed by atoms with Gasteiger partial charge in [-0.25, -0.2) is 4.98 Å². The van der Waals surface area contributed by atoms with Crippen molar-refractivity contribution < 1.29 is 4.74 Å².